The van der Waals surface area contributed by atoms with Crippen LogP contribution < -0.4 is 9.47 Å². The van der Waals surface area contributed by atoms with E-state index in [1.807, 2.05) is 59.8 Å². The summed E-state index contributed by atoms with van der Waals surface area (Å²) >= 11 is 0. The van der Waals surface area contributed by atoms with Gasteiger partial charge < -0.3 is 14.6 Å². The van der Waals surface area contributed by atoms with Crippen LogP contribution in [-0.2, 0) is 6.42 Å². The van der Waals surface area contributed by atoms with Crippen LogP contribution in [0.25, 0.3) is 6.08 Å². The molecule has 0 saturated heterocycles. The van der Waals surface area contributed by atoms with Gasteiger partial charge in [0.05, 0.1) is 0 Å². The third-order valence-electron chi connectivity index (χ3n) is 3.96. The van der Waals surface area contributed by atoms with Crippen LogP contribution in [0.2, 0.25) is 0 Å². The van der Waals surface area contributed by atoms with E-state index < -0.39 is 5.60 Å². The van der Waals surface area contributed by atoms with Gasteiger partial charge >= 0.3 is 0 Å². The van der Waals surface area contributed by atoms with Crippen molar-refractivity contribution in [3.05, 3.63) is 71.8 Å². The second-order valence-electron chi connectivity index (χ2n) is 9.16. The third-order valence-corrected chi connectivity index (χ3v) is 3.96. The van der Waals surface area contributed by atoms with E-state index in [-0.39, 0.29) is 17.1 Å². The Bertz CT molecular complexity index is 923. The highest BCUT2D eigenvalue weighted by molar-refractivity contribution is 6.07. The monoisotopic (exact) mass is 408 g/mol. The Balaban J connectivity index is 2.48. The van der Waals surface area contributed by atoms with Crippen molar-refractivity contribution in [3.8, 4) is 17.2 Å². The normalized spacial score (nSPS) is 12.1. The molecule has 0 aromatic heterocycles. The number of phenols is 1. The molecule has 0 aliphatic carbocycles. The summed E-state index contributed by atoms with van der Waals surface area (Å²) in [5, 5.41) is 9.41. The Kier molecular flexibility index (Phi) is 7.14. The van der Waals surface area contributed by atoms with Crippen LogP contribution in [0, 0.1) is 0 Å². The lowest BCUT2D eigenvalue weighted by Gasteiger charge is -2.27. The number of aromatic hydroxyl groups is 1. The minimum Gasteiger partial charge on any atom is -0.508 e. The quantitative estimate of drug-likeness (QED) is 0.328. The summed E-state index contributed by atoms with van der Waals surface area (Å²) in [5.74, 6) is 1.35. The highest BCUT2D eigenvalue weighted by atomic mass is 16.5. The molecule has 30 heavy (non-hydrogen) atoms. The van der Waals surface area contributed by atoms with Crippen molar-refractivity contribution in [2.45, 2.75) is 59.2 Å². The second-order valence-corrected chi connectivity index (χ2v) is 9.16. The lowest BCUT2D eigenvalue weighted by atomic mass is 10.0. The first-order chi connectivity index (χ1) is 13.9. The fraction of sp³-hybridized carbons (Fsp3) is 0.346. The summed E-state index contributed by atoms with van der Waals surface area (Å²) in [6, 6.07) is 10.0. The fourth-order valence-electron chi connectivity index (χ4n) is 2.80. The molecule has 0 aliphatic heterocycles. The molecule has 0 spiro atoms. The molecule has 0 saturated carbocycles. The van der Waals surface area contributed by atoms with Gasteiger partial charge in [0.1, 0.15) is 28.5 Å². The Morgan fingerprint density at radius 1 is 0.967 bits per heavy atom. The molecule has 0 amide bonds. The first-order valence-electron chi connectivity index (χ1n) is 10.1. The summed E-state index contributed by atoms with van der Waals surface area (Å²) in [6.45, 7) is 15.8. The molecule has 1 N–H and O–H groups in total. The number of hydrogen-bond donors (Lipinski definition) is 1. The number of hydrogen-bond acceptors (Lipinski definition) is 4. The van der Waals surface area contributed by atoms with E-state index in [4.69, 9.17) is 9.47 Å². The third kappa shape index (κ3) is 7.11. The summed E-state index contributed by atoms with van der Waals surface area (Å²) in [7, 11) is 0. The van der Waals surface area contributed by atoms with Crippen LogP contribution in [-0.4, -0.2) is 22.1 Å². The zero-order chi connectivity index (χ0) is 22.5. The van der Waals surface area contributed by atoms with Crippen LogP contribution in [0.4, 0.5) is 0 Å². The number of ether oxygens (including phenoxy) is 2. The van der Waals surface area contributed by atoms with Crippen LogP contribution in [0.1, 0.15) is 63.0 Å². The summed E-state index contributed by atoms with van der Waals surface area (Å²) in [4.78, 5) is 12.5. The van der Waals surface area contributed by atoms with Gasteiger partial charge in [-0.3, -0.25) is 4.79 Å². The Morgan fingerprint density at radius 3 is 2.07 bits per heavy atom. The molecule has 0 fully saturated rings. The molecule has 2 aromatic carbocycles. The topological polar surface area (TPSA) is 55.8 Å². The lowest BCUT2D eigenvalue weighted by Crippen LogP contribution is -2.25. The number of phenolic OH excluding ortho intramolecular Hbond substituents is 1. The predicted molar refractivity (Wildman–Crippen MR) is 123 cm³/mol. The molecule has 0 atom stereocenters. The van der Waals surface area contributed by atoms with Gasteiger partial charge in [-0.25, -0.2) is 0 Å². The standard InChI is InChI=1S/C26H32O4/c1-8-9-19-16-20(12-15-22(28)18-10-13-21(27)14-11-18)24(30-26(5,6)7)17-23(19)29-25(2,3)4/h8,10-17,27H,1,9H2,2-7H3. The Hall–Kier alpha value is -3.01. The van der Waals surface area contributed by atoms with Crippen molar-refractivity contribution in [2.24, 2.45) is 0 Å². The minimum absolute atomic E-state index is 0.125. The molecule has 4 nitrogen and oxygen atoms in total. The van der Waals surface area contributed by atoms with E-state index in [1.54, 1.807) is 18.2 Å². The average molecular weight is 409 g/mol. The molecule has 160 valence electrons. The molecule has 0 unspecified atom stereocenters. The van der Waals surface area contributed by atoms with Crippen LogP contribution >= 0.6 is 0 Å². The van der Waals surface area contributed by atoms with Gasteiger partial charge in [0.2, 0.25) is 0 Å². The van der Waals surface area contributed by atoms with Gasteiger partial charge in [-0.15, -0.1) is 6.58 Å². The van der Waals surface area contributed by atoms with Crippen LogP contribution in [0.3, 0.4) is 0 Å². The van der Waals surface area contributed by atoms with Gasteiger partial charge in [0.15, 0.2) is 5.78 Å². The van der Waals surface area contributed by atoms with Crippen LogP contribution in [0.15, 0.2) is 55.1 Å². The maximum absolute atomic E-state index is 12.5. The van der Waals surface area contributed by atoms with Crippen molar-refractivity contribution in [1.82, 2.24) is 0 Å². The van der Waals surface area contributed by atoms with Crippen molar-refractivity contribution in [1.29, 1.82) is 0 Å². The smallest absolute Gasteiger partial charge is 0.185 e. The van der Waals surface area contributed by atoms with Gasteiger partial charge in [-0.1, -0.05) is 6.08 Å². The lowest BCUT2D eigenvalue weighted by molar-refractivity contribution is 0.104. The summed E-state index contributed by atoms with van der Waals surface area (Å²) in [5.41, 5.74) is 1.48. The van der Waals surface area contributed by atoms with Crippen molar-refractivity contribution in [3.63, 3.8) is 0 Å². The van der Waals surface area contributed by atoms with Gasteiger partial charge in [-0.2, -0.15) is 0 Å². The molecule has 2 aromatic rings. The van der Waals surface area contributed by atoms with E-state index in [9.17, 15) is 9.90 Å². The highest BCUT2D eigenvalue weighted by Crippen LogP contribution is 2.35. The number of allylic oxidation sites excluding steroid dienone is 2. The number of benzene rings is 2. The molecular weight excluding hydrogens is 376 g/mol. The molecule has 0 radical (unpaired) electrons. The molecular formula is C26H32O4. The van der Waals surface area contributed by atoms with E-state index in [1.165, 1.54) is 18.2 Å². The second kappa shape index (κ2) is 9.21. The zero-order valence-corrected chi connectivity index (χ0v) is 18.8. The molecule has 0 aliphatic rings. The Morgan fingerprint density at radius 2 is 1.53 bits per heavy atom. The van der Waals surface area contributed by atoms with Gasteiger partial charge in [-0.05, 0) is 96.0 Å². The van der Waals surface area contributed by atoms with E-state index in [2.05, 4.69) is 6.58 Å². The largest absolute Gasteiger partial charge is 0.508 e. The summed E-state index contributed by atoms with van der Waals surface area (Å²) in [6.07, 6.45) is 5.72. The predicted octanol–water partition coefficient (Wildman–Crippen LogP) is 6.37. The van der Waals surface area contributed by atoms with E-state index >= 15 is 0 Å². The van der Waals surface area contributed by atoms with Crippen LogP contribution in [0.5, 0.6) is 17.2 Å². The first-order valence-corrected chi connectivity index (χ1v) is 10.1. The number of ketones is 1. The molecule has 0 bridgehead atoms. The first kappa shape index (κ1) is 23.3. The zero-order valence-electron chi connectivity index (χ0n) is 18.8. The SMILES string of the molecule is C=CCc1cc(C=CC(=O)c2ccc(O)cc2)c(OC(C)(C)C)cc1OC(C)(C)C. The van der Waals surface area contributed by atoms with Gasteiger partial charge in [0, 0.05) is 17.2 Å². The maximum Gasteiger partial charge on any atom is 0.185 e. The van der Waals surface area contributed by atoms with Crippen molar-refractivity contribution in [2.75, 3.05) is 0 Å². The Labute approximate surface area is 179 Å². The molecule has 4 heteroatoms. The molecule has 0 heterocycles. The van der Waals surface area contributed by atoms with E-state index in [0.717, 1.165) is 16.9 Å². The van der Waals surface area contributed by atoms with Crippen molar-refractivity contribution < 1.29 is 19.4 Å². The maximum atomic E-state index is 12.5. The number of rotatable bonds is 7. The average Bonchev–Trinajstić information content (AvgIpc) is 2.60. The van der Waals surface area contributed by atoms with E-state index in [0.29, 0.717) is 17.7 Å². The minimum atomic E-state index is -0.414. The van der Waals surface area contributed by atoms with Gasteiger partial charge in [0.25, 0.3) is 0 Å². The summed E-state index contributed by atoms with van der Waals surface area (Å²) < 4.78 is 12.3. The number of carbonyl (C=O) groups excluding carboxylic acids is 1. The number of carbonyl (C=O) groups is 1. The van der Waals surface area contributed by atoms with Crippen molar-refractivity contribution >= 4 is 11.9 Å². The highest BCUT2D eigenvalue weighted by Gasteiger charge is 2.20. The molecule has 2 rings (SSSR count). The fourth-order valence-corrected chi connectivity index (χ4v) is 2.80.